The van der Waals surface area contributed by atoms with Crippen molar-refractivity contribution in [1.29, 1.82) is 0 Å². The maximum atomic E-state index is 13.9. The van der Waals surface area contributed by atoms with E-state index < -0.39 is 0 Å². The Morgan fingerprint density at radius 1 is 0.592 bits per heavy atom. The van der Waals surface area contributed by atoms with Crippen LogP contribution < -0.4 is 0 Å². The molecule has 2 aliphatic heterocycles. The van der Waals surface area contributed by atoms with Crippen LogP contribution in [-0.4, -0.2) is 35.7 Å². The molecule has 2 amide bonds. The van der Waals surface area contributed by atoms with Crippen LogP contribution in [0.1, 0.15) is 106 Å². The van der Waals surface area contributed by atoms with E-state index in [1.165, 1.54) is 60.5 Å². The monoisotopic (exact) mass is 726 g/mol. The predicted octanol–water partition coefficient (Wildman–Crippen LogP) is 12.3. The number of unbranched alkanes of at least 4 members (excludes halogenated alkanes) is 2. The van der Waals surface area contributed by atoms with Crippen LogP contribution in [-0.2, 0) is 20.4 Å². The van der Waals surface area contributed by atoms with Gasteiger partial charge in [-0.25, -0.2) is 0 Å². The van der Waals surface area contributed by atoms with Crippen molar-refractivity contribution in [3.8, 4) is 9.75 Å². The molecule has 0 radical (unpaired) electrons. The summed E-state index contributed by atoms with van der Waals surface area (Å²) >= 11 is 7.15. The third-order valence-electron chi connectivity index (χ3n) is 10.8. The molecule has 5 aromatic rings. The van der Waals surface area contributed by atoms with Crippen LogP contribution >= 0.6 is 45.3 Å². The maximum absolute atomic E-state index is 13.9. The molecule has 6 heterocycles. The van der Waals surface area contributed by atoms with Crippen LogP contribution in [0.4, 0.5) is 0 Å². The Kier molecular flexibility index (Phi) is 9.08. The van der Waals surface area contributed by atoms with Crippen molar-refractivity contribution < 1.29 is 9.59 Å². The van der Waals surface area contributed by atoms with Gasteiger partial charge in [0.2, 0.25) is 0 Å². The summed E-state index contributed by atoms with van der Waals surface area (Å²) in [4.78, 5) is 38.2. The number of hydrogen-bond acceptors (Lipinski definition) is 6. The summed E-state index contributed by atoms with van der Waals surface area (Å²) < 4.78 is 2.65. The van der Waals surface area contributed by atoms with E-state index in [-0.39, 0.29) is 22.6 Å². The van der Waals surface area contributed by atoms with Crippen LogP contribution in [0.25, 0.3) is 41.3 Å². The molecule has 1 unspecified atom stereocenters. The molecule has 1 aromatic carbocycles. The van der Waals surface area contributed by atoms with Gasteiger partial charge in [0, 0.05) is 48.4 Å². The lowest BCUT2D eigenvalue weighted by Crippen LogP contribution is -2.24. The lowest BCUT2D eigenvalue weighted by Gasteiger charge is -2.26. The van der Waals surface area contributed by atoms with Crippen molar-refractivity contribution in [3.05, 3.63) is 79.2 Å². The van der Waals surface area contributed by atoms with Crippen LogP contribution in [0.5, 0.6) is 0 Å². The van der Waals surface area contributed by atoms with E-state index in [2.05, 4.69) is 90.1 Å². The van der Waals surface area contributed by atoms with Crippen molar-refractivity contribution in [3.63, 3.8) is 0 Å². The molecule has 4 nitrogen and oxygen atoms in total. The van der Waals surface area contributed by atoms with Gasteiger partial charge in [-0.2, -0.15) is 0 Å². The van der Waals surface area contributed by atoms with E-state index in [1.54, 1.807) is 46.6 Å². The van der Waals surface area contributed by atoms with Gasteiger partial charge in [-0.15, -0.1) is 45.3 Å². The fourth-order valence-corrected chi connectivity index (χ4v) is 12.1. The zero-order valence-electron chi connectivity index (χ0n) is 29.9. The van der Waals surface area contributed by atoms with E-state index in [0.717, 1.165) is 45.3 Å². The first-order valence-electron chi connectivity index (χ1n) is 17.6. The first kappa shape index (κ1) is 34.4. The van der Waals surface area contributed by atoms with E-state index >= 15 is 0 Å². The number of amides is 2. The summed E-state index contributed by atoms with van der Waals surface area (Å²) in [5.41, 5.74) is 2.82. The average Bonchev–Trinajstić information content (AvgIpc) is 3.93. The molecule has 0 aliphatic carbocycles. The highest BCUT2D eigenvalue weighted by atomic mass is 32.1. The Hall–Kier alpha value is -3.04. The van der Waals surface area contributed by atoms with Crippen LogP contribution in [0.2, 0.25) is 0 Å². The fourth-order valence-electron chi connectivity index (χ4n) is 7.30. The second-order valence-corrected chi connectivity index (χ2v) is 19.0. The number of benzene rings is 1. The standard InChI is InChI=1S/C41H46N2O2S4/c1-9-12-18-40(4,5)32-17-16-28(48-32)37-35-34(38(44)43(37)8)36(42(7)39(35)45)27-15-14-26(46-27)31-22-24-20-30-25(21-29(24)47-31)23-33(49-30)41(6,11-3)19-13-10-2/h14-17,20-23H,9-13,18-19H2,1-8H3. The summed E-state index contributed by atoms with van der Waals surface area (Å²) in [5.74, 6) is -0.217. The second-order valence-electron chi connectivity index (χ2n) is 14.7. The molecule has 49 heavy (non-hydrogen) atoms. The Bertz CT molecular complexity index is 2120. The zero-order chi connectivity index (χ0) is 34.8. The molecule has 7 rings (SSSR count). The molecule has 2 aliphatic rings. The summed E-state index contributed by atoms with van der Waals surface area (Å²) in [6.07, 6.45) is 8.33. The highest BCUT2D eigenvalue weighted by Gasteiger charge is 2.47. The molecular formula is C41H46N2O2S4. The van der Waals surface area contributed by atoms with Crippen LogP contribution in [0.3, 0.4) is 0 Å². The number of nitrogens with zero attached hydrogens (tertiary/aromatic N) is 2. The smallest absolute Gasteiger partial charge is 0.261 e. The number of carbonyl (C=O) groups excluding carboxylic acids is 2. The maximum Gasteiger partial charge on any atom is 0.261 e. The molecule has 0 fully saturated rings. The largest absolute Gasteiger partial charge is 0.309 e. The van der Waals surface area contributed by atoms with E-state index in [4.69, 9.17) is 0 Å². The highest BCUT2D eigenvalue weighted by molar-refractivity contribution is 7.26. The molecule has 8 heteroatoms. The minimum absolute atomic E-state index is 0.0505. The van der Waals surface area contributed by atoms with Gasteiger partial charge < -0.3 is 9.80 Å². The number of fused-ring (bicyclic) bond motifs is 3. The van der Waals surface area contributed by atoms with Gasteiger partial charge in [-0.05, 0) is 84.0 Å². The highest BCUT2D eigenvalue weighted by Crippen LogP contribution is 2.50. The van der Waals surface area contributed by atoms with E-state index in [9.17, 15) is 9.59 Å². The normalized spacial score (nSPS) is 16.7. The Morgan fingerprint density at radius 3 is 1.78 bits per heavy atom. The van der Waals surface area contributed by atoms with Gasteiger partial charge in [0.15, 0.2) is 0 Å². The van der Waals surface area contributed by atoms with Gasteiger partial charge in [0.05, 0.1) is 32.3 Å². The first-order valence-corrected chi connectivity index (χ1v) is 20.9. The predicted molar refractivity (Wildman–Crippen MR) is 214 cm³/mol. The van der Waals surface area contributed by atoms with Gasteiger partial charge in [0.25, 0.3) is 11.8 Å². The lowest BCUT2D eigenvalue weighted by atomic mass is 9.81. The Balaban J connectivity index is 1.22. The van der Waals surface area contributed by atoms with Gasteiger partial charge >= 0.3 is 0 Å². The number of carbonyl (C=O) groups is 2. The van der Waals surface area contributed by atoms with Crippen molar-refractivity contribution in [2.75, 3.05) is 14.1 Å². The third-order valence-corrected chi connectivity index (χ3v) is 16.0. The average molecular weight is 727 g/mol. The molecule has 256 valence electrons. The molecule has 0 saturated heterocycles. The molecule has 0 spiro atoms. The topological polar surface area (TPSA) is 40.6 Å². The fraction of sp³-hybridized carbons (Fsp3) is 0.415. The number of hydrogen-bond donors (Lipinski definition) is 0. The van der Waals surface area contributed by atoms with Crippen molar-refractivity contribution in [1.82, 2.24) is 9.80 Å². The lowest BCUT2D eigenvalue weighted by molar-refractivity contribution is -0.123. The van der Waals surface area contributed by atoms with Gasteiger partial charge in [0.1, 0.15) is 0 Å². The van der Waals surface area contributed by atoms with E-state index in [0.29, 0.717) is 11.1 Å². The molecule has 0 N–H and O–H groups in total. The molecule has 4 aromatic heterocycles. The molecule has 0 bridgehead atoms. The zero-order valence-corrected chi connectivity index (χ0v) is 33.2. The summed E-state index contributed by atoms with van der Waals surface area (Å²) in [5, 5.41) is 2.61. The number of thiophene rings is 4. The van der Waals surface area contributed by atoms with Gasteiger partial charge in [-0.3, -0.25) is 9.59 Å². The van der Waals surface area contributed by atoms with Crippen molar-refractivity contribution in [2.24, 2.45) is 0 Å². The molecular weight excluding hydrogens is 681 g/mol. The molecule has 1 atom stereocenters. The minimum Gasteiger partial charge on any atom is -0.309 e. The van der Waals surface area contributed by atoms with Gasteiger partial charge in [-0.1, -0.05) is 67.2 Å². The number of likely N-dealkylation sites (N-methyl/N-ethyl adjacent to an activating group) is 2. The number of rotatable bonds is 12. The summed E-state index contributed by atoms with van der Waals surface area (Å²) in [6.45, 7) is 13.8. The Morgan fingerprint density at radius 2 is 1.14 bits per heavy atom. The van der Waals surface area contributed by atoms with E-state index in [1.807, 2.05) is 22.7 Å². The summed E-state index contributed by atoms with van der Waals surface area (Å²) in [6, 6.07) is 18.0. The molecule has 0 saturated carbocycles. The first-order chi connectivity index (χ1) is 23.4. The Labute approximate surface area is 306 Å². The minimum atomic E-state index is -0.108. The SMILES string of the molecule is CCCCC(C)(C)c1ccc(C2=C3C(=O)N(C)C(c4ccc(-c5cc6cc7sc(C(C)(CC)CCCC)cc7cc6s5)s4)=C3C(=O)N2C)s1. The third kappa shape index (κ3) is 5.77. The van der Waals surface area contributed by atoms with Crippen molar-refractivity contribution in [2.45, 2.75) is 97.3 Å². The second kappa shape index (κ2) is 12.9. The summed E-state index contributed by atoms with van der Waals surface area (Å²) in [7, 11) is 3.61. The quantitative estimate of drug-likeness (QED) is 0.128. The van der Waals surface area contributed by atoms with Crippen LogP contribution in [0, 0.1) is 0 Å². The van der Waals surface area contributed by atoms with Crippen LogP contribution in [0.15, 0.2) is 59.7 Å². The van der Waals surface area contributed by atoms with Crippen molar-refractivity contribution >= 4 is 88.7 Å².